The number of rotatable bonds is 6. The number of H-pyrrole nitrogens is 1. The first-order valence-corrected chi connectivity index (χ1v) is 9.24. The first-order chi connectivity index (χ1) is 12.1. The third kappa shape index (κ3) is 4.41. The summed E-state index contributed by atoms with van der Waals surface area (Å²) in [7, 11) is 0. The molecule has 1 aliphatic carbocycles. The predicted molar refractivity (Wildman–Crippen MR) is 99.3 cm³/mol. The smallest absolute Gasteiger partial charge is 0.239 e. The molecule has 134 valence electrons. The summed E-state index contributed by atoms with van der Waals surface area (Å²) in [6, 6.07) is 8.39. The minimum absolute atomic E-state index is 0.00122. The Labute approximate surface area is 148 Å². The van der Waals surface area contributed by atoms with Crippen LogP contribution in [0.5, 0.6) is 0 Å². The lowest BCUT2D eigenvalue weighted by atomic mass is 9.94. The number of aromatic amines is 1. The Bertz CT molecular complexity index is 731. The number of fused-ring (bicyclic) bond motifs is 1. The van der Waals surface area contributed by atoms with Crippen molar-refractivity contribution in [3.05, 3.63) is 36.0 Å². The molecule has 2 amide bonds. The zero-order valence-corrected chi connectivity index (χ0v) is 14.9. The van der Waals surface area contributed by atoms with Gasteiger partial charge in [0, 0.05) is 36.6 Å². The summed E-state index contributed by atoms with van der Waals surface area (Å²) in [5.41, 5.74) is 2.32. The standard InChI is InChI=1S/C20H27N3O2/c1-15(24)23(17-7-3-2-4-8-17)14-20(25)21-12-11-16-13-22-19-10-6-5-9-18(16)19/h5-6,9-10,13,17,22H,2-4,7-8,11-12,14H2,1H3,(H,21,25). The third-order valence-corrected chi connectivity index (χ3v) is 5.13. The van der Waals surface area contributed by atoms with Gasteiger partial charge in [-0.15, -0.1) is 0 Å². The van der Waals surface area contributed by atoms with E-state index in [9.17, 15) is 9.59 Å². The molecule has 1 saturated carbocycles. The normalized spacial score (nSPS) is 15.2. The number of hydrogen-bond donors (Lipinski definition) is 2. The number of carbonyl (C=O) groups excluding carboxylic acids is 2. The molecule has 1 fully saturated rings. The zero-order valence-electron chi connectivity index (χ0n) is 14.9. The molecule has 0 atom stereocenters. The monoisotopic (exact) mass is 341 g/mol. The van der Waals surface area contributed by atoms with Crippen molar-refractivity contribution in [3.63, 3.8) is 0 Å². The lowest BCUT2D eigenvalue weighted by Gasteiger charge is -2.33. The van der Waals surface area contributed by atoms with Gasteiger partial charge in [-0.25, -0.2) is 0 Å². The van der Waals surface area contributed by atoms with E-state index < -0.39 is 0 Å². The van der Waals surface area contributed by atoms with Gasteiger partial charge in [-0.3, -0.25) is 9.59 Å². The summed E-state index contributed by atoms with van der Waals surface area (Å²) >= 11 is 0. The van der Waals surface area contributed by atoms with E-state index in [0.29, 0.717) is 6.54 Å². The topological polar surface area (TPSA) is 65.2 Å². The maximum absolute atomic E-state index is 12.3. The largest absolute Gasteiger partial charge is 0.361 e. The molecule has 0 bridgehead atoms. The minimum atomic E-state index is -0.0689. The number of para-hydroxylation sites is 1. The van der Waals surface area contributed by atoms with Crippen LogP contribution in [0, 0.1) is 0 Å². The molecule has 3 rings (SSSR count). The van der Waals surface area contributed by atoms with Crippen LogP contribution in [-0.4, -0.2) is 40.8 Å². The van der Waals surface area contributed by atoms with Gasteiger partial charge in [0.25, 0.3) is 0 Å². The average molecular weight is 341 g/mol. The number of carbonyl (C=O) groups is 2. The molecule has 0 aliphatic heterocycles. The van der Waals surface area contributed by atoms with E-state index in [2.05, 4.69) is 16.4 Å². The van der Waals surface area contributed by atoms with Crippen LogP contribution in [-0.2, 0) is 16.0 Å². The van der Waals surface area contributed by atoms with E-state index in [1.165, 1.54) is 17.4 Å². The number of nitrogens with one attached hydrogen (secondary N) is 2. The fourth-order valence-electron chi connectivity index (χ4n) is 3.78. The summed E-state index contributed by atoms with van der Waals surface area (Å²) < 4.78 is 0. The van der Waals surface area contributed by atoms with E-state index in [-0.39, 0.29) is 24.4 Å². The summed E-state index contributed by atoms with van der Waals surface area (Å²) in [5.74, 6) is -0.0701. The molecule has 0 radical (unpaired) electrons. The molecule has 1 aliphatic rings. The quantitative estimate of drug-likeness (QED) is 0.848. The van der Waals surface area contributed by atoms with Crippen molar-refractivity contribution >= 4 is 22.7 Å². The maximum Gasteiger partial charge on any atom is 0.239 e. The predicted octanol–water partition coefficient (Wildman–Crippen LogP) is 3.01. The Morgan fingerprint density at radius 3 is 2.72 bits per heavy atom. The highest BCUT2D eigenvalue weighted by atomic mass is 16.2. The van der Waals surface area contributed by atoms with E-state index in [1.807, 2.05) is 24.4 Å². The van der Waals surface area contributed by atoms with Gasteiger partial charge in [0.05, 0.1) is 6.54 Å². The molecule has 5 nitrogen and oxygen atoms in total. The molecule has 1 aromatic carbocycles. The minimum Gasteiger partial charge on any atom is -0.361 e. The Kier molecular flexibility index (Phi) is 5.74. The molecule has 1 aromatic heterocycles. The number of benzene rings is 1. The molecule has 0 saturated heterocycles. The molecular weight excluding hydrogens is 314 g/mol. The first kappa shape index (κ1) is 17.5. The molecule has 0 unspecified atom stereocenters. The van der Waals surface area contributed by atoms with E-state index in [1.54, 1.807) is 11.8 Å². The molecule has 5 heteroatoms. The lowest BCUT2D eigenvalue weighted by molar-refractivity contribution is -0.137. The highest BCUT2D eigenvalue weighted by Crippen LogP contribution is 2.22. The van der Waals surface area contributed by atoms with Crippen molar-refractivity contribution in [2.24, 2.45) is 0 Å². The fourth-order valence-corrected chi connectivity index (χ4v) is 3.78. The van der Waals surface area contributed by atoms with Crippen LogP contribution in [0.1, 0.15) is 44.6 Å². The van der Waals surface area contributed by atoms with Gasteiger partial charge in [0.15, 0.2) is 0 Å². The van der Waals surface area contributed by atoms with Crippen LogP contribution in [0.25, 0.3) is 10.9 Å². The van der Waals surface area contributed by atoms with E-state index >= 15 is 0 Å². The van der Waals surface area contributed by atoms with Crippen LogP contribution >= 0.6 is 0 Å². The Morgan fingerprint density at radius 1 is 1.20 bits per heavy atom. The van der Waals surface area contributed by atoms with Crippen LogP contribution in [0.4, 0.5) is 0 Å². The molecule has 1 heterocycles. The van der Waals surface area contributed by atoms with Crippen molar-refractivity contribution in [3.8, 4) is 0 Å². The van der Waals surface area contributed by atoms with E-state index in [4.69, 9.17) is 0 Å². The maximum atomic E-state index is 12.3. The fraction of sp³-hybridized carbons (Fsp3) is 0.500. The number of aromatic nitrogens is 1. The van der Waals surface area contributed by atoms with Crippen molar-refractivity contribution in [2.75, 3.05) is 13.1 Å². The van der Waals surface area contributed by atoms with Crippen LogP contribution in [0.3, 0.4) is 0 Å². The number of hydrogen-bond acceptors (Lipinski definition) is 2. The summed E-state index contributed by atoms with van der Waals surface area (Å²) in [5, 5.41) is 4.16. The second-order valence-corrected chi connectivity index (χ2v) is 6.90. The molecule has 25 heavy (non-hydrogen) atoms. The summed E-state index contributed by atoms with van der Waals surface area (Å²) in [4.78, 5) is 29.2. The third-order valence-electron chi connectivity index (χ3n) is 5.13. The van der Waals surface area contributed by atoms with Crippen molar-refractivity contribution in [1.82, 2.24) is 15.2 Å². The molecule has 0 spiro atoms. The van der Waals surface area contributed by atoms with Gasteiger partial charge >= 0.3 is 0 Å². The summed E-state index contributed by atoms with van der Waals surface area (Å²) in [6.07, 6.45) is 8.34. The van der Waals surface area contributed by atoms with Crippen LogP contribution < -0.4 is 5.32 Å². The Morgan fingerprint density at radius 2 is 1.96 bits per heavy atom. The second kappa shape index (κ2) is 8.19. The van der Waals surface area contributed by atoms with E-state index in [0.717, 1.165) is 37.6 Å². The van der Waals surface area contributed by atoms with Gasteiger partial charge in [0.2, 0.25) is 11.8 Å². The number of nitrogens with zero attached hydrogens (tertiary/aromatic N) is 1. The molecule has 2 aromatic rings. The van der Waals surface area contributed by atoms with Crippen molar-refractivity contribution in [2.45, 2.75) is 51.5 Å². The van der Waals surface area contributed by atoms with Gasteiger partial charge in [0.1, 0.15) is 0 Å². The Balaban J connectivity index is 1.50. The van der Waals surface area contributed by atoms with Gasteiger partial charge < -0.3 is 15.2 Å². The van der Waals surface area contributed by atoms with Gasteiger partial charge in [-0.1, -0.05) is 37.5 Å². The van der Waals surface area contributed by atoms with Crippen molar-refractivity contribution < 1.29 is 9.59 Å². The number of amides is 2. The second-order valence-electron chi connectivity index (χ2n) is 6.90. The SMILES string of the molecule is CC(=O)N(CC(=O)NCCc1c[nH]c2ccccc12)C1CCCCC1. The molecule has 2 N–H and O–H groups in total. The van der Waals surface area contributed by atoms with Crippen molar-refractivity contribution in [1.29, 1.82) is 0 Å². The average Bonchev–Trinajstić information content (AvgIpc) is 3.03. The lowest BCUT2D eigenvalue weighted by Crippen LogP contribution is -2.46. The summed E-state index contributed by atoms with van der Waals surface area (Å²) in [6.45, 7) is 2.32. The highest BCUT2D eigenvalue weighted by molar-refractivity contribution is 5.84. The zero-order chi connectivity index (χ0) is 17.6. The highest BCUT2D eigenvalue weighted by Gasteiger charge is 2.24. The van der Waals surface area contributed by atoms with Gasteiger partial charge in [-0.05, 0) is 30.9 Å². The molecular formula is C20H27N3O2. The van der Waals surface area contributed by atoms with Gasteiger partial charge in [-0.2, -0.15) is 0 Å². The first-order valence-electron chi connectivity index (χ1n) is 9.24. The van der Waals surface area contributed by atoms with Crippen LogP contribution in [0.15, 0.2) is 30.5 Å². The van der Waals surface area contributed by atoms with Crippen LogP contribution in [0.2, 0.25) is 0 Å². The Hall–Kier alpha value is -2.30.